The van der Waals surface area contributed by atoms with Gasteiger partial charge in [0, 0.05) is 28.1 Å². The van der Waals surface area contributed by atoms with Crippen molar-refractivity contribution in [2.75, 3.05) is 22.5 Å². The van der Waals surface area contributed by atoms with Gasteiger partial charge in [0.15, 0.2) is 0 Å². The molecule has 0 saturated heterocycles. The van der Waals surface area contributed by atoms with E-state index in [0.29, 0.717) is 0 Å². The summed E-state index contributed by atoms with van der Waals surface area (Å²) in [6.45, 7) is 2.80. The van der Waals surface area contributed by atoms with Gasteiger partial charge in [-0.1, -0.05) is 28.1 Å². The fourth-order valence-corrected chi connectivity index (χ4v) is 3.44. The van der Waals surface area contributed by atoms with Gasteiger partial charge in [-0.05, 0) is 55.7 Å². The fraction of sp³-hybridized carbons (Fsp3) is 0.278. The average molecular weight is 374 g/mol. The van der Waals surface area contributed by atoms with Crippen LogP contribution in [0.25, 0.3) is 0 Å². The van der Waals surface area contributed by atoms with Gasteiger partial charge in [0.05, 0.1) is 0 Å². The van der Waals surface area contributed by atoms with Crippen molar-refractivity contribution in [1.29, 1.82) is 0 Å². The van der Waals surface area contributed by atoms with E-state index in [1.807, 2.05) is 49.4 Å². The minimum Gasteiger partial charge on any atom is -0.398 e. The number of amides is 1. The maximum absolute atomic E-state index is 12.6. The highest BCUT2D eigenvalue weighted by Crippen LogP contribution is 2.32. The van der Waals surface area contributed by atoms with Crippen LogP contribution in [0.3, 0.4) is 0 Å². The number of nitrogen functional groups attached to an aromatic ring is 1. The lowest BCUT2D eigenvalue weighted by Gasteiger charge is -2.36. The average Bonchev–Trinajstić information content (AvgIpc) is 2.54. The van der Waals surface area contributed by atoms with Gasteiger partial charge in [-0.15, -0.1) is 0 Å². The van der Waals surface area contributed by atoms with E-state index in [0.717, 1.165) is 46.5 Å². The smallest absolute Gasteiger partial charge is 0.246 e. The summed E-state index contributed by atoms with van der Waals surface area (Å²) in [5, 5.41) is 2.98. The molecular weight excluding hydrogens is 354 g/mol. The topological polar surface area (TPSA) is 58.4 Å². The summed E-state index contributed by atoms with van der Waals surface area (Å²) < 4.78 is 0.944. The zero-order valence-electron chi connectivity index (χ0n) is 13.1. The summed E-state index contributed by atoms with van der Waals surface area (Å²) in [6.07, 6.45) is 1.98. The SMILES string of the molecule is CC(C(=O)Nc1cccc(Br)c1)N1CCCc2c(N)cccc21. The molecule has 0 radical (unpaired) electrons. The molecule has 0 spiro atoms. The first-order valence-corrected chi connectivity index (χ1v) is 8.56. The van der Waals surface area contributed by atoms with Gasteiger partial charge < -0.3 is 16.0 Å². The number of carbonyl (C=O) groups excluding carboxylic acids is 1. The molecule has 1 aliphatic rings. The second-order valence-corrected chi connectivity index (χ2v) is 6.73. The van der Waals surface area contributed by atoms with E-state index < -0.39 is 0 Å². The highest BCUT2D eigenvalue weighted by Gasteiger charge is 2.26. The van der Waals surface area contributed by atoms with Gasteiger partial charge in [-0.3, -0.25) is 4.79 Å². The van der Waals surface area contributed by atoms with Crippen molar-refractivity contribution in [2.24, 2.45) is 0 Å². The highest BCUT2D eigenvalue weighted by molar-refractivity contribution is 9.10. The molecule has 1 unspecified atom stereocenters. The molecule has 0 saturated carbocycles. The second-order valence-electron chi connectivity index (χ2n) is 5.82. The number of benzene rings is 2. The lowest BCUT2D eigenvalue weighted by atomic mass is 9.98. The Hall–Kier alpha value is -2.01. The maximum Gasteiger partial charge on any atom is 0.246 e. The van der Waals surface area contributed by atoms with Crippen LogP contribution in [-0.4, -0.2) is 18.5 Å². The number of anilines is 3. The van der Waals surface area contributed by atoms with Crippen LogP contribution in [0.2, 0.25) is 0 Å². The molecule has 2 aromatic carbocycles. The number of fused-ring (bicyclic) bond motifs is 1. The number of hydrogen-bond acceptors (Lipinski definition) is 3. The number of rotatable bonds is 3. The molecule has 3 rings (SSSR count). The standard InChI is InChI=1S/C18H20BrN3O/c1-12(18(23)21-14-6-2-5-13(19)11-14)22-10-4-7-15-16(20)8-3-9-17(15)22/h2-3,5-6,8-9,11-12H,4,7,10,20H2,1H3,(H,21,23). The Morgan fingerprint density at radius 2 is 2.09 bits per heavy atom. The predicted octanol–water partition coefficient (Wildman–Crippen LogP) is 3.81. The first-order chi connectivity index (χ1) is 11.1. The monoisotopic (exact) mass is 373 g/mol. The number of nitrogens with one attached hydrogen (secondary N) is 1. The first kappa shape index (κ1) is 15.9. The second kappa shape index (κ2) is 6.62. The third-order valence-corrected chi connectivity index (χ3v) is 4.76. The van der Waals surface area contributed by atoms with E-state index >= 15 is 0 Å². The third kappa shape index (κ3) is 3.34. The van der Waals surface area contributed by atoms with E-state index in [-0.39, 0.29) is 11.9 Å². The summed E-state index contributed by atoms with van der Waals surface area (Å²) >= 11 is 3.42. The van der Waals surface area contributed by atoms with E-state index in [4.69, 9.17) is 5.73 Å². The molecular formula is C18H20BrN3O. The van der Waals surface area contributed by atoms with E-state index in [1.165, 1.54) is 0 Å². The summed E-state index contributed by atoms with van der Waals surface area (Å²) in [5.41, 5.74) is 9.92. The van der Waals surface area contributed by atoms with Gasteiger partial charge in [0.2, 0.25) is 5.91 Å². The Balaban J connectivity index is 1.80. The lowest BCUT2D eigenvalue weighted by molar-refractivity contribution is -0.117. The molecule has 120 valence electrons. The van der Waals surface area contributed by atoms with Crippen LogP contribution >= 0.6 is 15.9 Å². The summed E-state index contributed by atoms with van der Waals surface area (Å²) in [7, 11) is 0. The van der Waals surface area contributed by atoms with Crippen molar-refractivity contribution in [3.8, 4) is 0 Å². The number of halogens is 1. The maximum atomic E-state index is 12.6. The largest absolute Gasteiger partial charge is 0.398 e. The first-order valence-electron chi connectivity index (χ1n) is 7.76. The minimum atomic E-state index is -0.255. The number of nitrogens with two attached hydrogens (primary N) is 1. The molecule has 1 amide bonds. The van der Waals surface area contributed by atoms with Crippen LogP contribution in [0.15, 0.2) is 46.9 Å². The Morgan fingerprint density at radius 1 is 1.30 bits per heavy atom. The minimum absolute atomic E-state index is 0.0154. The van der Waals surface area contributed by atoms with Gasteiger partial charge in [-0.25, -0.2) is 0 Å². The number of carbonyl (C=O) groups is 1. The van der Waals surface area contributed by atoms with E-state index in [1.54, 1.807) is 0 Å². The molecule has 23 heavy (non-hydrogen) atoms. The molecule has 3 N–H and O–H groups in total. The van der Waals surface area contributed by atoms with Gasteiger partial charge >= 0.3 is 0 Å². The highest BCUT2D eigenvalue weighted by atomic mass is 79.9. The van der Waals surface area contributed by atoms with Gasteiger partial charge in [0.25, 0.3) is 0 Å². The normalized spacial score (nSPS) is 15.0. The Morgan fingerprint density at radius 3 is 2.87 bits per heavy atom. The van der Waals surface area contributed by atoms with Crippen molar-refractivity contribution in [3.63, 3.8) is 0 Å². The Labute approximate surface area is 144 Å². The van der Waals surface area contributed by atoms with Crippen LogP contribution in [0.5, 0.6) is 0 Å². The zero-order chi connectivity index (χ0) is 16.4. The van der Waals surface area contributed by atoms with Crippen molar-refractivity contribution >= 4 is 38.9 Å². The van der Waals surface area contributed by atoms with Crippen molar-refractivity contribution in [3.05, 3.63) is 52.5 Å². The molecule has 0 aromatic heterocycles. The summed E-state index contributed by atoms with van der Waals surface area (Å²) in [6, 6.07) is 13.3. The predicted molar refractivity (Wildman–Crippen MR) is 98.8 cm³/mol. The molecule has 1 atom stereocenters. The molecule has 5 heteroatoms. The van der Waals surface area contributed by atoms with E-state index in [9.17, 15) is 4.79 Å². The third-order valence-electron chi connectivity index (χ3n) is 4.26. The Bertz CT molecular complexity index is 732. The molecule has 0 bridgehead atoms. The van der Waals surface area contributed by atoms with E-state index in [2.05, 4.69) is 26.1 Å². The van der Waals surface area contributed by atoms with Crippen molar-refractivity contribution in [1.82, 2.24) is 0 Å². The van der Waals surface area contributed by atoms with Gasteiger partial charge in [-0.2, -0.15) is 0 Å². The van der Waals surface area contributed by atoms with Crippen LogP contribution in [0.1, 0.15) is 18.9 Å². The van der Waals surface area contributed by atoms with Crippen LogP contribution in [0, 0.1) is 0 Å². The van der Waals surface area contributed by atoms with Gasteiger partial charge in [0.1, 0.15) is 6.04 Å². The molecule has 1 aliphatic heterocycles. The van der Waals surface area contributed by atoms with Crippen molar-refractivity contribution in [2.45, 2.75) is 25.8 Å². The number of nitrogens with zero attached hydrogens (tertiary/aromatic N) is 1. The van der Waals surface area contributed by atoms with Crippen LogP contribution < -0.4 is 16.0 Å². The summed E-state index contributed by atoms with van der Waals surface area (Å²) in [4.78, 5) is 14.8. The molecule has 0 fully saturated rings. The molecule has 4 nitrogen and oxygen atoms in total. The van der Waals surface area contributed by atoms with Crippen molar-refractivity contribution < 1.29 is 4.79 Å². The fourth-order valence-electron chi connectivity index (χ4n) is 3.04. The summed E-state index contributed by atoms with van der Waals surface area (Å²) in [5.74, 6) is -0.0154. The van der Waals surface area contributed by atoms with Crippen LogP contribution in [-0.2, 0) is 11.2 Å². The quantitative estimate of drug-likeness (QED) is 0.804. The lowest BCUT2D eigenvalue weighted by Crippen LogP contribution is -2.44. The Kier molecular flexibility index (Phi) is 4.57. The number of hydrogen-bond donors (Lipinski definition) is 2. The van der Waals surface area contributed by atoms with Crippen LogP contribution in [0.4, 0.5) is 17.1 Å². The molecule has 0 aliphatic carbocycles. The molecule has 1 heterocycles. The zero-order valence-corrected chi connectivity index (χ0v) is 14.6. The molecule has 2 aromatic rings.